The topological polar surface area (TPSA) is 65.0 Å². The molecule has 0 N–H and O–H groups in total. The van der Waals surface area contributed by atoms with Crippen LogP contribution in [-0.2, 0) is 0 Å². The molecule has 0 unspecified atom stereocenters. The van der Waals surface area contributed by atoms with E-state index in [4.69, 9.17) is 27.9 Å². The highest BCUT2D eigenvalue weighted by atomic mass is 127. The number of aromatic nitrogens is 3. The maximum absolute atomic E-state index is 11.8. The van der Waals surface area contributed by atoms with E-state index in [0.717, 1.165) is 5.56 Å². The fourth-order valence-corrected chi connectivity index (χ4v) is 2.98. The van der Waals surface area contributed by atoms with Gasteiger partial charge in [0.25, 0.3) is 0 Å². The largest absolute Gasteiger partial charge is 0.479 e. The quantitative estimate of drug-likeness (QED) is 0.423. The van der Waals surface area contributed by atoms with E-state index in [1.807, 2.05) is 0 Å². The van der Waals surface area contributed by atoms with Gasteiger partial charge >= 0.3 is 0 Å². The van der Waals surface area contributed by atoms with Crippen molar-refractivity contribution in [1.82, 2.24) is 15.0 Å². The molecule has 0 amide bonds. The van der Waals surface area contributed by atoms with E-state index in [1.54, 1.807) is 53.2 Å². The number of rotatable bonds is 3. The molecule has 0 aliphatic rings. The Labute approximate surface area is 155 Å². The van der Waals surface area contributed by atoms with Crippen molar-refractivity contribution in [3.05, 3.63) is 46.3 Å². The Bertz CT molecular complexity index is 920. The molecule has 2 aromatic heterocycles. The molecule has 0 aliphatic heterocycles. The lowest BCUT2D eigenvalue weighted by atomic mass is 10.0. The Balaban J connectivity index is 2.44. The van der Waals surface area contributed by atoms with Gasteiger partial charge in [-0.3, -0.25) is 9.78 Å². The molecule has 8 heteroatoms. The lowest BCUT2D eigenvalue weighted by Gasteiger charge is -2.12. The smallest absolute Gasteiger partial charge is 0.246 e. The monoisotopic (exact) mass is 459 g/mol. The summed E-state index contributed by atoms with van der Waals surface area (Å²) in [6.07, 6.45) is 3.28. The molecule has 0 spiro atoms. The van der Waals surface area contributed by atoms with Gasteiger partial charge in [-0.25, -0.2) is 9.97 Å². The lowest BCUT2D eigenvalue weighted by Crippen LogP contribution is -2.03. The maximum Gasteiger partial charge on any atom is 0.246 e. The molecule has 5 nitrogen and oxygen atoms in total. The first kappa shape index (κ1) is 16.4. The van der Waals surface area contributed by atoms with Crippen LogP contribution < -0.4 is 4.74 Å². The number of hydrogen-bond donors (Lipinski definition) is 0. The summed E-state index contributed by atoms with van der Waals surface area (Å²) in [5.41, 5.74) is 2.49. The average Bonchev–Trinajstić information content (AvgIpc) is 2.55. The summed E-state index contributed by atoms with van der Waals surface area (Å²) >= 11 is 14.2. The highest BCUT2D eigenvalue weighted by molar-refractivity contribution is 14.1. The van der Waals surface area contributed by atoms with Crippen LogP contribution in [-0.4, -0.2) is 25.9 Å². The van der Waals surface area contributed by atoms with Gasteiger partial charge in [0.15, 0.2) is 5.69 Å². The zero-order valence-electron chi connectivity index (χ0n) is 11.7. The third-order valence-corrected chi connectivity index (χ3v) is 4.47. The third-order valence-electron chi connectivity index (χ3n) is 3.17. The second kappa shape index (κ2) is 6.54. The van der Waals surface area contributed by atoms with E-state index in [0.29, 0.717) is 26.6 Å². The minimum Gasteiger partial charge on any atom is -0.479 e. The molecule has 116 valence electrons. The Morgan fingerprint density at radius 3 is 2.52 bits per heavy atom. The van der Waals surface area contributed by atoms with Crippen molar-refractivity contribution >= 4 is 60.6 Å². The van der Waals surface area contributed by atoms with Crippen LogP contribution >= 0.6 is 45.8 Å². The summed E-state index contributed by atoms with van der Waals surface area (Å²) in [4.78, 5) is 24.5. The van der Waals surface area contributed by atoms with Crippen LogP contribution in [0.1, 0.15) is 10.5 Å². The third kappa shape index (κ3) is 2.98. The summed E-state index contributed by atoms with van der Waals surface area (Å²) < 4.78 is 4.87. The summed E-state index contributed by atoms with van der Waals surface area (Å²) in [7, 11) is 1.43. The lowest BCUT2D eigenvalue weighted by molar-refractivity contribution is 0.109. The first-order valence-corrected chi connectivity index (χ1v) is 8.20. The predicted octanol–water partition coefficient (Wildman–Crippen LogP) is 4.58. The number of pyridine rings is 1. The average molecular weight is 460 g/mol. The van der Waals surface area contributed by atoms with Gasteiger partial charge in [-0.2, -0.15) is 0 Å². The van der Waals surface area contributed by atoms with Crippen molar-refractivity contribution < 1.29 is 9.53 Å². The predicted molar refractivity (Wildman–Crippen MR) is 97.7 cm³/mol. The van der Waals surface area contributed by atoms with E-state index in [2.05, 4.69) is 15.0 Å². The normalized spacial score (nSPS) is 10.8. The molecule has 0 bridgehead atoms. The molecule has 2 heterocycles. The minimum absolute atomic E-state index is 0.134. The van der Waals surface area contributed by atoms with Crippen LogP contribution in [0, 0.1) is 0 Å². The molecule has 3 rings (SSSR count). The molecule has 0 atom stereocenters. The van der Waals surface area contributed by atoms with Crippen molar-refractivity contribution in [2.45, 2.75) is 0 Å². The molecule has 1 aromatic carbocycles. The highest BCUT2D eigenvalue weighted by Crippen LogP contribution is 2.39. The fourth-order valence-electron chi connectivity index (χ4n) is 2.18. The number of methoxy groups -OCH3 is 1. The SMILES string of the molecule is COc1nc2cc(Cl)c(Cl)c(-c3ccncc3)c2nc1C(=O)I. The Morgan fingerprint density at radius 1 is 1.22 bits per heavy atom. The first-order valence-electron chi connectivity index (χ1n) is 6.37. The van der Waals surface area contributed by atoms with E-state index < -0.39 is 0 Å². The number of halogens is 3. The number of ether oxygens (including phenoxy) is 1. The van der Waals surface area contributed by atoms with Crippen molar-refractivity contribution in [3.63, 3.8) is 0 Å². The highest BCUT2D eigenvalue weighted by Gasteiger charge is 2.20. The summed E-state index contributed by atoms with van der Waals surface area (Å²) in [6.45, 7) is 0. The van der Waals surface area contributed by atoms with Crippen molar-refractivity contribution in [1.29, 1.82) is 0 Å². The number of fused-ring (bicyclic) bond motifs is 1. The zero-order valence-corrected chi connectivity index (χ0v) is 15.3. The van der Waals surface area contributed by atoms with Crippen LogP contribution in [0.15, 0.2) is 30.6 Å². The van der Waals surface area contributed by atoms with E-state index in [1.165, 1.54) is 7.11 Å². The first-order chi connectivity index (χ1) is 11.0. The Morgan fingerprint density at radius 2 is 1.91 bits per heavy atom. The second-order valence-corrected chi connectivity index (χ2v) is 6.27. The molecule has 0 radical (unpaired) electrons. The molecule has 23 heavy (non-hydrogen) atoms. The molecular formula is C15H8Cl2IN3O2. The molecule has 3 aromatic rings. The van der Waals surface area contributed by atoms with Crippen LogP contribution in [0.3, 0.4) is 0 Å². The zero-order chi connectivity index (χ0) is 16.6. The summed E-state index contributed by atoms with van der Waals surface area (Å²) in [5.74, 6) is 0.149. The van der Waals surface area contributed by atoms with Gasteiger partial charge < -0.3 is 4.74 Å². The van der Waals surface area contributed by atoms with Crippen LogP contribution in [0.25, 0.3) is 22.2 Å². The number of carbonyl (C=O) groups is 1. The van der Waals surface area contributed by atoms with Crippen LogP contribution in [0.4, 0.5) is 0 Å². The van der Waals surface area contributed by atoms with Gasteiger partial charge in [-0.1, -0.05) is 23.2 Å². The van der Waals surface area contributed by atoms with Gasteiger partial charge in [-0.15, -0.1) is 0 Å². The molecule has 0 fully saturated rings. The number of carbonyl (C=O) groups excluding carboxylic acids is 1. The number of benzene rings is 1. The van der Waals surface area contributed by atoms with E-state index >= 15 is 0 Å². The molecule has 0 saturated carbocycles. The summed E-state index contributed by atoms with van der Waals surface area (Å²) in [6, 6.07) is 5.17. The van der Waals surface area contributed by atoms with Gasteiger partial charge in [0.05, 0.1) is 28.2 Å². The molecule has 0 saturated heterocycles. The van der Waals surface area contributed by atoms with Gasteiger partial charge in [-0.05, 0) is 23.8 Å². The van der Waals surface area contributed by atoms with E-state index in [-0.39, 0.29) is 15.4 Å². The minimum atomic E-state index is -0.277. The van der Waals surface area contributed by atoms with Crippen molar-refractivity contribution in [3.8, 4) is 17.0 Å². The van der Waals surface area contributed by atoms with Gasteiger partial charge in [0.1, 0.15) is 0 Å². The standard InChI is InChI=1S/C15H8Cl2IN3O2/c1-23-15-13(14(18)22)21-12-9(20-15)6-8(16)11(17)10(12)7-2-4-19-5-3-7/h2-6H,1H3. The van der Waals surface area contributed by atoms with Gasteiger partial charge in [0.2, 0.25) is 9.67 Å². The summed E-state index contributed by atoms with van der Waals surface area (Å²) in [5, 5.41) is 0.688. The second-order valence-electron chi connectivity index (χ2n) is 4.51. The Hall–Kier alpha value is -1.51. The number of nitrogens with zero attached hydrogens (tertiary/aromatic N) is 3. The van der Waals surface area contributed by atoms with Crippen molar-refractivity contribution in [2.75, 3.05) is 7.11 Å². The fraction of sp³-hybridized carbons (Fsp3) is 0.0667. The molecular weight excluding hydrogens is 452 g/mol. The molecule has 0 aliphatic carbocycles. The number of hydrogen-bond acceptors (Lipinski definition) is 5. The van der Waals surface area contributed by atoms with Gasteiger partial charge in [0, 0.05) is 40.5 Å². The maximum atomic E-state index is 11.8. The van der Waals surface area contributed by atoms with Crippen LogP contribution in [0.2, 0.25) is 10.0 Å². The van der Waals surface area contributed by atoms with Crippen LogP contribution in [0.5, 0.6) is 5.88 Å². The Kier molecular flexibility index (Phi) is 4.65. The van der Waals surface area contributed by atoms with Crippen molar-refractivity contribution in [2.24, 2.45) is 0 Å². The van der Waals surface area contributed by atoms with E-state index in [9.17, 15) is 4.79 Å².